The average molecular weight is 309 g/mol. The van der Waals surface area contributed by atoms with E-state index in [1.54, 1.807) is 0 Å². The van der Waals surface area contributed by atoms with E-state index in [2.05, 4.69) is 28.1 Å². The van der Waals surface area contributed by atoms with E-state index in [4.69, 9.17) is 0 Å². The van der Waals surface area contributed by atoms with Crippen molar-refractivity contribution in [2.45, 2.75) is 0 Å². The molecule has 19 heavy (non-hydrogen) atoms. The number of carbonyl (C=O) groups excluding carboxylic acids is 1. The second-order valence-electron chi connectivity index (χ2n) is 4.76. The summed E-state index contributed by atoms with van der Waals surface area (Å²) in [5, 5.41) is 2.25. The normalized spacial score (nSPS) is 12.6. The van der Waals surface area contributed by atoms with E-state index < -0.39 is 0 Å². The molecule has 90 valence electrons. The first-order chi connectivity index (χ1) is 9.24. The molecule has 0 heterocycles. The first kappa shape index (κ1) is 10.9. The molecule has 0 bridgehead atoms. The van der Waals surface area contributed by atoms with Gasteiger partial charge in [0.25, 0.3) is 0 Å². The topological polar surface area (TPSA) is 17.1 Å². The highest BCUT2D eigenvalue weighted by Gasteiger charge is 2.26. The Morgan fingerprint density at radius 3 is 2.26 bits per heavy atom. The van der Waals surface area contributed by atoms with E-state index in [0.29, 0.717) is 0 Å². The molecule has 0 unspecified atom stereocenters. The lowest BCUT2D eigenvalue weighted by Crippen LogP contribution is -1.94. The Morgan fingerprint density at radius 1 is 0.684 bits per heavy atom. The summed E-state index contributed by atoms with van der Waals surface area (Å²) in [5.41, 5.74) is 3.72. The molecule has 1 aliphatic rings. The Morgan fingerprint density at radius 2 is 1.42 bits per heavy atom. The molecule has 0 saturated heterocycles. The molecule has 3 aromatic rings. The Kier molecular flexibility index (Phi) is 2.18. The van der Waals surface area contributed by atoms with Crippen LogP contribution < -0.4 is 0 Å². The van der Waals surface area contributed by atoms with Gasteiger partial charge in [-0.25, -0.2) is 0 Å². The number of ketones is 1. The maximum atomic E-state index is 12.4. The standard InChI is InChI=1S/C17H9BrO/c18-12-6-5-10-8-15-13-3-1-2-4-14(13)17(19)16(15)9-11(10)7-12/h1-9H. The molecule has 0 atom stereocenters. The minimum atomic E-state index is 0.132. The van der Waals surface area contributed by atoms with Gasteiger partial charge in [-0.1, -0.05) is 46.3 Å². The van der Waals surface area contributed by atoms with E-state index in [-0.39, 0.29) is 5.78 Å². The van der Waals surface area contributed by atoms with Crippen molar-refractivity contribution in [3.63, 3.8) is 0 Å². The Labute approximate surface area is 119 Å². The van der Waals surface area contributed by atoms with Gasteiger partial charge < -0.3 is 0 Å². The minimum absolute atomic E-state index is 0.132. The molecule has 2 heteroatoms. The van der Waals surface area contributed by atoms with Crippen molar-refractivity contribution in [2.24, 2.45) is 0 Å². The fraction of sp³-hybridized carbons (Fsp3) is 0. The highest BCUT2D eigenvalue weighted by Crippen LogP contribution is 2.39. The molecule has 0 radical (unpaired) electrons. The molecule has 1 aliphatic carbocycles. The smallest absolute Gasteiger partial charge is 0.194 e. The summed E-state index contributed by atoms with van der Waals surface area (Å²) in [7, 11) is 0. The lowest BCUT2D eigenvalue weighted by molar-refractivity contribution is 0.104. The van der Waals surface area contributed by atoms with Crippen LogP contribution in [0, 0.1) is 0 Å². The number of carbonyl (C=O) groups is 1. The fourth-order valence-corrected chi connectivity index (χ4v) is 3.12. The van der Waals surface area contributed by atoms with Gasteiger partial charge in [0, 0.05) is 15.6 Å². The van der Waals surface area contributed by atoms with E-state index in [0.717, 1.165) is 37.5 Å². The first-order valence-corrected chi connectivity index (χ1v) is 6.91. The average Bonchev–Trinajstić information content (AvgIpc) is 2.70. The molecule has 0 N–H and O–H groups in total. The molecular formula is C17H9BrO. The summed E-state index contributed by atoms with van der Waals surface area (Å²) in [4.78, 5) is 12.4. The zero-order chi connectivity index (χ0) is 13.0. The molecule has 0 spiro atoms. The summed E-state index contributed by atoms with van der Waals surface area (Å²) in [6.45, 7) is 0. The predicted octanol–water partition coefficient (Wildman–Crippen LogP) is 4.81. The number of fused-ring (bicyclic) bond motifs is 4. The lowest BCUT2D eigenvalue weighted by atomic mass is 10.0. The number of hydrogen-bond donors (Lipinski definition) is 0. The van der Waals surface area contributed by atoms with Gasteiger partial charge >= 0.3 is 0 Å². The van der Waals surface area contributed by atoms with Crippen LogP contribution in [-0.4, -0.2) is 5.78 Å². The van der Waals surface area contributed by atoms with Crippen LogP contribution in [0.4, 0.5) is 0 Å². The maximum Gasteiger partial charge on any atom is 0.194 e. The highest BCUT2D eigenvalue weighted by molar-refractivity contribution is 9.10. The largest absolute Gasteiger partial charge is 0.289 e. The number of hydrogen-bond acceptors (Lipinski definition) is 1. The molecule has 0 fully saturated rings. The van der Waals surface area contributed by atoms with Crippen LogP contribution in [0.3, 0.4) is 0 Å². The van der Waals surface area contributed by atoms with Crippen LogP contribution in [0.1, 0.15) is 15.9 Å². The third-order valence-electron chi connectivity index (χ3n) is 3.65. The number of rotatable bonds is 0. The van der Waals surface area contributed by atoms with Gasteiger partial charge in [0.05, 0.1) is 0 Å². The third-order valence-corrected chi connectivity index (χ3v) is 4.14. The van der Waals surface area contributed by atoms with Gasteiger partial charge in [0.15, 0.2) is 5.78 Å². The van der Waals surface area contributed by atoms with E-state index >= 15 is 0 Å². The predicted molar refractivity (Wildman–Crippen MR) is 80.5 cm³/mol. The number of benzene rings is 3. The van der Waals surface area contributed by atoms with Crippen LogP contribution in [0.15, 0.2) is 59.1 Å². The van der Waals surface area contributed by atoms with Gasteiger partial charge in [-0.05, 0) is 46.2 Å². The Bertz CT molecular complexity index is 849. The molecule has 0 aromatic heterocycles. The van der Waals surface area contributed by atoms with Crippen LogP contribution in [-0.2, 0) is 0 Å². The Hall–Kier alpha value is -1.93. The van der Waals surface area contributed by atoms with Gasteiger partial charge in [0.2, 0.25) is 0 Å². The third kappa shape index (κ3) is 1.50. The zero-order valence-corrected chi connectivity index (χ0v) is 11.6. The molecule has 3 aromatic carbocycles. The summed E-state index contributed by atoms with van der Waals surface area (Å²) in [6, 6.07) is 18.1. The van der Waals surface area contributed by atoms with E-state index in [1.807, 2.05) is 42.5 Å². The van der Waals surface area contributed by atoms with Crippen molar-refractivity contribution < 1.29 is 4.79 Å². The van der Waals surface area contributed by atoms with Crippen molar-refractivity contribution in [3.8, 4) is 11.1 Å². The van der Waals surface area contributed by atoms with E-state index in [1.165, 1.54) is 0 Å². The molecule has 4 rings (SSSR count). The molecule has 0 saturated carbocycles. The van der Waals surface area contributed by atoms with Crippen molar-refractivity contribution in [1.29, 1.82) is 0 Å². The van der Waals surface area contributed by atoms with Crippen LogP contribution in [0.5, 0.6) is 0 Å². The van der Waals surface area contributed by atoms with E-state index in [9.17, 15) is 4.79 Å². The maximum absolute atomic E-state index is 12.4. The van der Waals surface area contributed by atoms with Gasteiger partial charge in [-0.3, -0.25) is 4.79 Å². The van der Waals surface area contributed by atoms with Crippen molar-refractivity contribution in [1.82, 2.24) is 0 Å². The second-order valence-corrected chi connectivity index (χ2v) is 5.68. The number of halogens is 1. The molecular weight excluding hydrogens is 300 g/mol. The van der Waals surface area contributed by atoms with Crippen molar-refractivity contribution in [3.05, 3.63) is 70.2 Å². The second kappa shape index (κ2) is 3.78. The highest BCUT2D eigenvalue weighted by atomic mass is 79.9. The lowest BCUT2D eigenvalue weighted by Gasteiger charge is -2.04. The van der Waals surface area contributed by atoms with Crippen molar-refractivity contribution >= 4 is 32.5 Å². The zero-order valence-electron chi connectivity index (χ0n) is 9.98. The summed E-state index contributed by atoms with van der Waals surface area (Å²) in [5.74, 6) is 0.132. The fourth-order valence-electron chi connectivity index (χ4n) is 2.74. The summed E-state index contributed by atoms with van der Waals surface area (Å²) in [6.07, 6.45) is 0. The summed E-state index contributed by atoms with van der Waals surface area (Å²) >= 11 is 3.47. The SMILES string of the molecule is O=C1c2ccccc2-c2cc3ccc(Br)cc3cc21. The van der Waals surface area contributed by atoms with Gasteiger partial charge in [-0.2, -0.15) is 0 Å². The van der Waals surface area contributed by atoms with Gasteiger partial charge in [0.1, 0.15) is 0 Å². The van der Waals surface area contributed by atoms with Crippen LogP contribution in [0.25, 0.3) is 21.9 Å². The minimum Gasteiger partial charge on any atom is -0.289 e. The molecule has 1 nitrogen and oxygen atoms in total. The summed E-state index contributed by atoms with van der Waals surface area (Å²) < 4.78 is 1.03. The quantitative estimate of drug-likeness (QED) is 0.455. The van der Waals surface area contributed by atoms with Gasteiger partial charge in [-0.15, -0.1) is 0 Å². The molecule has 0 aliphatic heterocycles. The van der Waals surface area contributed by atoms with Crippen LogP contribution in [0.2, 0.25) is 0 Å². The van der Waals surface area contributed by atoms with Crippen molar-refractivity contribution in [2.75, 3.05) is 0 Å². The van der Waals surface area contributed by atoms with Crippen LogP contribution >= 0.6 is 15.9 Å². The molecule has 0 amide bonds. The monoisotopic (exact) mass is 308 g/mol. The Balaban J connectivity index is 2.11. The first-order valence-electron chi connectivity index (χ1n) is 6.11.